The van der Waals surface area contributed by atoms with Crippen molar-refractivity contribution in [2.24, 2.45) is 5.92 Å². The third-order valence-corrected chi connectivity index (χ3v) is 4.32. The van der Waals surface area contributed by atoms with Crippen LogP contribution in [0.2, 0.25) is 0 Å². The van der Waals surface area contributed by atoms with E-state index < -0.39 is 0 Å². The molecule has 0 saturated heterocycles. The fourth-order valence-corrected chi connectivity index (χ4v) is 3.30. The summed E-state index contributed by atoms with van der Waals surface area (Å²) in [6.07, 6.45) is 6.07. The Morgan fingerprint density at radius 3 is 2.79 bits per heavy atom. The summed E-state index contributed by atoms with van der Waals surface area (Å²) in [6, 6.07) is 0. The van der Waals surface area contributed by atoms with Crippen molar-refractivity contribution >= 4 is 0 Å². The van der Waals surface area contributed by atoms with Crippen LogP contribution in [0.15, 0.2) is 4.79 Å². The van der Waals surface area contributed by atoms with E-state index in [1.807, 2.05) is 0 Å². The molecule has 1 aliphatic carbocycles. The quantitative estimate of drug-likeness (QED) is 0.870. The van der Waals surface area contributed by atoms with Crippen LogP contribution in [-0.2, 0) is 17.8 Å². The lowest BCUT2D eigenvalue weighted by atomic mass is 9.85. The molecule has 1 atom stereocenters. The molecule has 3 rings (SSSR count). The molecule has 1 aromatic heterocycles. The summed E-state index contributed by atoms with van der Waals surface area (Å²) in [5.41, 5.74) is 1.65. The van der Waals surface area contributed by atoms with Gasteiger partial charge in [-0.1, -0.05) is 19.3 Å². The highest BCUT2D eigenvalue weighted by Gasteiger charge is 2.28. The van der Waals surface area contributed by atoms with Gasteiger partial charge in [0.05, 0.1) is 11.3 Å². The number of hydrogen-bond donors (Lipinski definition) is 2. The molecule has 0 radical (unpaired) electrons. The van der Waals surface area contributed by atoms with Crippen LogP contribution < -0.4 is 10.9 Å². The number of H-pyrrole nitrogens is 1. The summed E-state index contributed by atoms with van der Waals surface area (Å²) < 4.78 is 5.64. The summed E-state index contributed by atoms with van der Waals surface area (Å²) in [6.45, 7) is 1.31. The molecular formula is C14H21N3O2. The minimum Gasteiger partial charge on any atom is -0.373 e. The molecule has 2 aliphatic rings. The molecule has 19 heavy (non-hydrogen) atoms. The van der Waals surface area contributed by atoms with Crippen LogP contribution in [0.1, 0.15) is 55.3 Å². The van der Waals surface area contributed by atoms with E-state index in [0.717, 1.165) is 24.1 Å². The Morgan fingerprint density at radius 1 is 1.26 bits per heavy atom. The molecule has 5 nitrogen and oxygen atoms in total. The highest BCUT2D eigenvalue weighted by atomic mass is 16.5. The molecule has 2 heterocycles. The SMILES string of the molecule is COC(c1nc2c(c(=O)[nH]1)CNC2)C1CCCCC1. The average molecular weight is 263 g/mol. The lowest BCUT2D eigenvalue weighted by Gasteiger charge is -2.28. The van der Waals surface area contributed by atoms with Gasteiger partial charge in [-0.25, -0.2) is 4.98 Å². The summed E-state index contributed by atoms with van der Waals surface area (Å²) in [5, 5.41) is 3.17. The van der Waals surface area contributed by atoms with Gasteiger partial charge < -0.3 is 15.0 Å². The Labute approximate surface area is 112 Å². The number of rotatable bonds is 3. The normalized spacial score (nSPS) is 21.3. The Bertz CT molecular complexity index is 506. The predicted molar refractivity (Wildman–Crippen MR) is 71.7 cm³/mol. The van der Waals surface area contributed by atoms with Crippen LogP contribution in [0, 0.1) is 5.92 Å². The second-order valence-electron chi connectivity index (χ2n) is 5.53. The first kappa shape index (κ1) is 12.8. The van der Waals surface area contributed by atoms with Crippen molar-refractivity contribution in [2.75, 3.05) is 7.11 Å². The molecule has 1 aromatic rings. The summed E-state index contributed by atoms with van der Waals surface area (Å²) in [7, 11) is 1.71. The van der Waals surface area contributed by atoms with Crippen LogP contribution in [0.25, 0.3) is 0 Å². The lowest BCUT2D eigenvalue weighted by molar-refractivity contribution is 0.0286. The summed E-state index contributed by atoms with van der Waals surface area (Å²) in [4.78, 5) is 19.6. The molecule has 1 aliphatic heterocycles. The van der Waals surface area contributed by atoms with Crippen molar-refractivity contribution in [1.82, 2.24) is 15.3 Å². The first-order valence-electron chi connectivity index (χ1n) is 7.15. The first-order chi connectivity index (χ1) is 9.29. The number of methoxy groups -OCH3 is 1. The smallest absolute Gasteiger partial charge is 0.255 e. The largest absolute Gasteiger partial charge is 0.373 e. The van der Waals surface area contributed by atoms with Gasteiger partial charge in [0, 0.05) is 20.2 Å². The van der Waals surface area contributed by atoms with E-state index in [0.29, 0.717) is 24.8 Å². The zero-order chi connectivity index (χ0) is 13.2. The van der Waals surface area contributed by atoms with Crippen LogP contribution in [0.5, 0.6) is 0 Å². The topological polar surface area (TPSA) is 67.0 Å². The fourth-order valence-electron chi connectivity index (χ4n) is 3.30. The third-order valence-electron chi connectivity index (χ3n) is 4.32. The molecule has 104 valence electrons. The first-order valence-corrected chi connectivity index (χ1v) is 7.15. The Kier molecular flexibility index (Phi) is 3.66. The van der Waals surface area contributed by atoms with Gasteiger partial charge in [-0.3, -0.25) is 4.79 Å². The van der Waals surface area contributed by atoms with Gasteiger partial charge in [0.25, 0.3) is 5.56 Å². The van der Waals surface area contributed by atoms with E-state index in [2.05, 4.69) is 15.3 Å². The number of aromatic amines is 1. The fraction of sp³-hybridized carbons (Fsp3) is 0.714. The van der Waals surface area contributed by atoms with Crippen molar-refractivity contribution in [3.05, 3.63) is 27.4 Å². The van der Waals surface area contributed by atoms with Crippen molar-refractivity contribution in [2.45, 2.75) is 51.3 Å². The van der Waals surface area contributed by atoms with Gasteiger partial charge >= 0.3 is 0 Å². The molecule has 2 N–H and O–H groups in total. The third kappa shape index (κ3) is 2.44. The van der Waals surface area contributed by atoms with Gasteiger partial charge in [0.15, 0.2) is 0 Å². The highest BCUT2D eigenvalue weighted by molar-refractivity contribution is 5.22. The molecule has 0 spiro atoms. The van der Waals surface area contributed by atoms with Crippen molar-refractivity contribution < 1.29 is 4.74 Å². The van der Waals surface area contributed by atoms with Crippen molar-refractivity contribution in [3.63, 3.8) is 0 Å². The van der Waals surface area contributed by atoms with Gasteiger partial charge in [-0.05, 0) is 18.8 Å². The number of fused-ring (bicyclic) bond motifs is 1. The Balaban J connectivity index is 1.91. The number of nitrogens with one attached hydrogen (secondary N) is 2. The monoisotopic (exact) mass is 263 g/mol. The van der Waals surface area contributed by atoms with E-state index in [4.69, 9.17) is 4.74 Å². The van der Waals surface area contributed by atoms with Crippen molar-refractivity contribution in [1.29, 1.82) is 0 Å². The van der Waals surface area contributed by atoms with Crippen LogP contribution in [0.3, 0.4) is 0 Å². The second kappa shape index (κ2) is 5.43. The number of hydrogen-bond acceptors (Lipinski definition) is 4. The molecule has 5 heteroatoms. The van der Waals surface area contributed by atoms with E-state index in [-0.39, 0.29) is 11.7 Å². The van der Waals surface area contributed by atoms with E-state index >= 15 is 0 Å². The van der Waals surface area contributed by atoms with E-state index in [1.54, 1.807) is 7.11 Å². The zero-order valence-corrected chi connectivity index (χ0v) is 11.4. The lowest BCUT2D eigenvalue weighted by Crippen LogP contribution is -2.25. The van der Waals surface area contributed by atoms with Gasteiger partial charge in [0.2, 0.25) is 0 Å². The molecular weight excluding hydrogens is 242 g/mol. The van der Waals surface area contributed by atoms with Gasteiger partial charge in [0.1, 0.15) is 11.9 Å². The van der Waals surface area contributed by atoms with Crippen LogP contribution >= 0.6 is 0 Å². The van der Waals surface area contributed by atoms with Crippen LogP contribution in [-0.4, -0.2) is 17.1 Å². The molecule has 0 amide bonds. The molecule has 0 aromatic carbocycles. The van der Waals surface area contributed by atoms with E-state index in [9.17, 15) is 4.79 Å². The van der Waals surface area contributed by atoms with Crippen LogP contribution in [0.4, 0.5) is 0 Å². The number of nitrogens with zero attached hydrogens (tertiary/aromatic N) is 1. The minimum atomic E-state index is -0.0705. The maximum absolute atomic E-state index is 12.0. The number of aromatic nitrogens is 2. The maximum Gasteiger partial charge on any atom is 0.255 e. The minimum absolute atomic E-state index is 0.0112. The molecule has 1 fully saturated rings. The molecule has 0 bridgehead atoms. The van der Waals surface area contributed by atoms with E-state index in [1.165, 1.54) is 19.3 Å². The zero-order valence-electron chi connectivity index (χ0n) is 11.4. The average Bonchev–Trinajstić information content (AvgIpc) is 2.90. The second-order valence-corrected chi connectivity index (χ2v) is 5.53. The van der Waals surface area contributed by atoms with Gasteiger partial charge in [-0.2, -0.15) is 0 Å². The Hall–Kier alpha value is -1.20. The number of ether oxygens (including phenoxy) is 1. The maximum atomic E-state index is 12.0. The summed E-state index contributed by atoms with van der Waals surface area (Å²) >= 11 is 0. The Morgan fingerprint density at radius 2 is 2.05 bits per heavy atom. The highest BCUT2D eigenvalue weighted by Crippen LogP contribution is 2.35. The molecule has 1 unspecified atom stereocenters. The summed E-state index contributed by atoms with van der Waals surface area (Å²) in [5.74, 6) is 1.19. The van der Waals surface area contributed by atoms with Crippen molar-refractivity contribution in [3.8, 4) is 0 Å². The molecule has 1 saturated carbocycles. The predicted octanol–water partition coefficient (Wildman–Crippen LogP) is 1.64. The standard InChI is InChI=1S/C14H21N3O2/c1-19-12(9-5-3-2-4-6-9)13-16-11-8-15-7-10(11)14(18)17-13/h9,12,15H,2-8H2,1H3,(H,16,17,18). The van der Waals surface area contributed by atoms with Gasteiger partial charge in [-0.15, -0.1) is 0 Å².